The van der Waals surface area contributed by atoms with E-state index in [0.29, 0.717) is 48.5 Å². The van der Waals surface area contributed by atoms with E-state index in [-0.39, 0.29) is 17.6 Å². The highest BCUT2D eigenvalue weighted by Gasteiger charge is 2.49. The Morgan fingerprint density at radius 1 is 1.05 bits per heavy atom. The molecule has 4 aliphatic heterocycles. The molecule has 4 heterocycles. The van der Waals surface area contributed by atoms with Gasteiger partial charge in [-0.2, -0.15) is 10.4 Å². The van der Waals surface area contributed by atoms with Crippen molar-refractivity contribution in [3.8, 4) is 6.07 Å². The number of halogens is 1. The van der Waals surface area contributed by atoms with Crippen LogP contribution in [0.2, 0.25) is 5.02 Å². The molecule has 0 radical (unpaired) electrons. The third-order valence-electron chi connectivity index (χ3n) is 9.46. The molecule has 2 amide bonds. The van der Waals surface area contributed by atoms with Crippen LogP contribution < -0.4 is 5.01 Å². The summed E-state index contributed by atoms with van der Waals surface area (Å²) < 4.78 is 0. The molecule has 1 saturated carbocycles. The number of nitrogens with zero attached hydrogens (tertiary/aromatic N) is 6. The zero-order valence-corrected chi connectivity index (χ0v) is 22.2. The molecule has 1 aliphatic carbocycles. The topological polar surface area (TPSA) is 86.4 Å². The van der Waals surface area contributed by atoms with Crippen molar-refractivity contribution >= 4 is 29.2 Å². The van der Waals surface area contributed by atoms with E-state index in [1.807, 2.05) is 21.9 Å². The van der Waals surface area contributed by atoms with Gasteiger partial charge in [-0.1, -0.05) is 24.4 Å². The number of urea groups is 1. The zero-order valence-electron chi connectivity index (χ0n) is 21.5. The summed E-state index contributed by atoms with van der Waals surface area (Å²) in [5, 5.41) is 26.8. The minimum absolute atomic E-state index is 0.147. The summed E-state index contributed by atoms with van der Waals surface area (Å²) in [5.74, 6) is 1.81. The summed E-state index contributed by atoms with van der Waals surface area (Å²) in [4.78, 5) is 19.3. The zero-order chi connectivity index (χ0) is 25.6. The van der Waals surface area contributed by atoms with E-state index >= 15 is 0 Å². The van der Waals surface area contributed by atoms with Crippen molar-refractivity contribution in [2.75, 3.05) is 44.3 Å². The van der Waals surface area contributed by atoms with Crippen LogP contribution in [0.5, 0.6) is 0 Å². The maximum atomic E-state index is 13.0. The lowest BCUT2D eigenvalue weighted by molar-refractivity contribution is -0.00435. The van der Waals surface area contributed by atoms with Gasteiger partial charge in [0.25, 0.3) is 0 Å². The summed E-state index contributed by atoms with van der Waals surface area (Å²) in [6, 6.07) is 8.32. The number of likely N-dealkylation sites (tertiary alicyclic amines) is 3. The number of carbonyl (C=O) groups is 1. The Hall–Kier alpha value is -2.50. The molecule has 6 rings (SSSR count). The van der Waals surface area contributed by atoms with Gasteiger partial charge >= 0.3 is 6.03 Å². The van der Waals surface area contributed by atoms with Crippen LogP contribution in [-0.2, 0) is 0 Å². The Morgan fingerprint density at radius 3 is 2.38 bits per heavy atom. The van der Waals surface area contributed by atoms with E-state index in [0.717, 1.165) is 51.1 Å². The molecule has 3 saturated heterocycles. The van der Waals surface area contributed by atoms with Gasteiger partial charge < -0.3 is 19.8 Å². The van der Waals surface area contributed by atoms with Gasteiger partial charge in [0.15, 0.2) is 0 Å². The number of hydrogen-bond donors (Lipinski definition) is 1. The van der Waals surface area contributed by atoms with Crippen molar-refractivity contribution in [2.45, 2.75) is 69.9 Å². The third kappa shape index (κ3) is 4.77. The van der Waals surface area contributed by atoms with Gasteiger partial charge in [0.05, 0.1) is 28.4 Å². The van der Waals surface area contributed by atoms with Gasteiger partial charge in [-0.25, -0.2) is 4.79 Å². The predicted octanol–water partition coefficient (Wildman–Crippen LogP) is 4.27. The molecule has 0 aromatic heterocycles. The van der Waals surface area contributed by atoms with Gasteiger partial charge in [0.1, 0.15) is 11.9 Å². The van der Waals surface area contributed by atoms with Crippen LogP contribution in [0.3, 0.4) is 0 Å². The molecule has 1 aromatic rings. The fourth-order valence-electron chi connectivity index (χ4n) is 7.09. The number of piperidine rings is 2. The summed E-state index contributed by atoms with van der Waals surface area (Å²) in [6.45, 7) is 5.00. The Bertz CT molecular complexity index is 1090. The normalized spacial score (nSPS) is 26.4. The Kier molecular flexibility index (Phi) is 6.70. The van der Waals surface area contributed by atoms with E-state index in [2.05, 4.69) is 16.0 Å². The number of nitriles is 1. The molecule has 1 N–H and O–H groups in total. The molecule has 198 valence electrons. The van der Waals surface area contributed by atoms with Crippen LogP contribution in [-0.4, -0.2) is 83.1 Å². The summed E-state index contributed by atoms with van der Waals surface area (Å²) >= 11 is 6.39. The van der Waals surface area contributed by atoms with Crippen LogP contribution in [0.25, 0.3) is 0 Å². The second-order valence-electron chi connectivity index (χ2n) is 11.8. The number of rotatable bonds is 2. The first kappa shape index (κ1) is 24.8. The minimum Gasteiger partial charge on any atom is -0.393 e. The number of hydrogen-bond acceptors (Lipinski definition) is 6. The molecule has 0 bridgehead atoms. The first-order valence-corrected chi connectivity index (χ1v) is 14.4. The number of hydrazone groups is 1. The van der Waals surface area contributed by atoms with Gasteiger partial charge in [-0.3, -0.25) is 5.01 Å². The molecule has 4 fully saturated rings. The maximum Gasteiger partial charge on any atom is 0.320 e. The molecule has 8 nitrogen and oxygen atoms in total. The smallest absolute Gasteiger partial charge is 0.320 e. The number of aliphatic hydroxyl groups excluding tert-OH is 1. The van der Waals surface area contributed by atoms with Gasteiger partial charge in [0.2, 0.25) is 0 Å². The van der Waals surface area contributed by atoms with Gasteiger partial charge in [-0.05, 0) is 62.6 Å². The SMILES string of the molecule is N#Cc1ccc(N2N=C(N3CC4(CCN(C(=O)N5CCC(O)CC5)CC4)C3)CC2C2CCCC2)cc1Cl. The lowest BCUT2D eigenvalue weighted by atomic mass is 9.71. The van der Waals surface area contributed by atoms with E-state index in [1.54, 1.807) is 6.07 Å². The maximum absolute atomic E-state index is 13.0. The number of aliphatic hydroxyl groups is 1. The molecule has 37 heavy (non-hydrogen) atoms. The Balaban J connectivity index is 1.09. The number of benzene rings is 1. The Labute approximate surface area is 224 Å². The largest absolute Gasteiger partial charge is 0.393 e. The van der Waals surface area contributed by atoms with Crippen molar-refractivity contribution in [3.05, 3.63) is 28.8 Å². The van der Waals surface area contributed by atoms with Crippen molar-refractivity contribution in [2.24, 2.45) is 16.4 Å². The van der Waals surface area contributed by atoms with Gasteiger partial charge in [0, 0.05) is 51.1 Å². The molecule has 9 heteroatoms. The van der Waals surface area contributed by atoms with Crippen LogP contribution in [0.4, 0.5) is 10.5 Å². The third-order valence-corrected chi connectivity index (χ3v) is 9.77. The second-order valence-corrected chi connectivity index (χ2v) is 12.2. The molecular weight excluding hydrogens is 488 g/mol. The quantitative estimate of drug-likeness (QED) is 0.624. The van der Waals surface area contributed by atoms with Crippen LogP contribution >= 0.6 is 11.6 Å². The molecule has 1 spiro atoms. The first-order valence-electron chi connectivity index (χ1n) is 14.0. The standard InChI is InChI=1S/C28H37ClN6O2/c29-24-15-22(6-5-21(24)17-30)35-25(20-3-1-2-4-20)16-26(31-35)34-18-28(19-34)9-13-33(14-10-28)27(37)32-11-7-23(36)8-12-32/h5-6,15,20,23,25,36H,1-4,7-14,16,18-19H2. The highest BCUT2D eigenvalue weighted by atomic mass is 35.5. The van der Waals surface area contributed by atoms with Crippen molar-refractivity contribution in [1.82, 2.24) is 14.7 Å². The van der Waals surface area contributed by atoms with Crippen molar-refractivity contribution < 1.29 is 9.90 Å². The fraction of sp³-hybridized carbons (Fsp3) is 0.679. The average Bonchev–Trinajstić information content (AvgIpc) is 3.58. The van der Waals surface area contributed by atoms with E-state index < -0.39 is 0 Å². The number of anilines is 1. The second kappa shape index (κ2) is 9.99. The molecule has 5 aliphatic rings. The number of carbonyl (C=O) groups excluding carboxylic acids is 1. The van der Waals surface area contributed by atoms with Crippen LogP contribution in [0.15, 0.2) is 23.3 Å². The lowest BCUT2D eigenvalue weighted by Gasteiger charge is -2.55. The summed E-state index contributed by atoms with van der Waals surface area (Å²) in [6.07, 6.45) is 9.24. The fourth-order valence-corrected chi connectivity index (χ4v) is 7.31. The molecule has 1 unspecified atom stereocenters. The molecular formula is C28H37ClN6O2. The van der Waals surface area contributed by atoms with Crippen LogP contribution in [0.1, 0.15) is 63.4 Å². The number of amidine groups is 1. The lowest BCUT2D eigenvalue weighted by Crippen LogP contribution is -2.63. The first-order chi connectivity index (χ1) is 17.9. The highest BCUT2D eigenvalue weighted by Crippen LogP contribution is 2.44. The minimum atomic E-state index is -0.258. The van der Waals surface area contributed by atoms with E-state index in [4.69, 9.17) is 16.7 Å². The van der Waals surface area contributed by atoms with Crippen molar-refractivity contribution in [3.63, 3.8) is 0 Å². The van der Waals surface area contributed by atoms with E-state index in [1.165, 1.54) is 31.5 Å². The molecule has 1 aromatic carbocycles. The monoisotopic (exact) mass is 524 g/mol. The van der Waals surface area contributed by atoms with E-state index in [9.17, 15) is 15.2 Å². The summed E-state index contributed by atoms with van der Waals surface area (Å²) in [7, 11) is 0. The number of amides is 2. The van der Waals surface area contributed by atoms with Crippen LogP contribution in [0, 0.1) is 22.7 Å². The van der Waals surface area contributed by atoms with Crippen molar-refractivity contribution in [1.29, 1.82) is 5.26 Å². The average molecular weight is 525 g/mol. The predicted molar refractivity (Wildman–Crippen MR) is 143 cm³/mol. The highest BCUT2D eigenvalue weighted by molar-refractivity contribution is 6.32. The van der Waals surface area contributed by atoms with Gasteiger partial charge in [-0.15, -0.1) is 0 Å². The summed E-state index contributed by atoms with van der Waals surface area (Å²) in [5.41, 5.74) is 1.76. The molecule has 1 atom stereocenters. The Morgan fingerprint density at radius 2 is 1.73 bits per heavy atom.